The SMILES string of the molecule is CC(=O)N=C1NCNC(=O)N1. The molecule has 1 heterocycles. The second-order valence-corrected chi connectivity index (χ2v) is 1.96. The maximum atomic E-state index is 10.6. The van der Waals surface area contributed by atoms with Crippen LogP contribution in [0.4, 0.5) is 4.79 Å². The minimum absolute atomic E-state index is 0.196. The van der Waals surface area contributed by atoms with E-state index in [1.54, 1.807) is 0 Å². The fraction of sp³-hybridized carbons (Fsp3) is 0.400. The molecule has 0 bridgehead atoms. The largest absolute Gasteiger partial charge is 0.338 e. The predicted octanol–water partition coefficient (Wildman–Crippen LogP) is -1.25. The fourth-order valence-electron chi connectivity index (χ4n) is 0.629. The van der Waals surface area contributed by atoms with Crippen molar-refractivity contribution in [3.05, 3.63) is 0 Å². The zero-order chi connectivity index (χ0) is 8.27. The van der Waals surface area contributed by atoms with Gasteiger partial charge in [-0.1, -0.05) is 0 Å². The zero-order valence-corrected chi connectivity index (χ0v) is 5.97. The van der Waals surface area contributed by atoms with Gasteiger partial charge in [-0.05, 0) is 0 Å². The Hall–Kier alpha value is -1.59. The topological polar surface area (TPSA) is 82.6 Å². The molecule has 0 unspecified atom stereocenters. The number of amides is 3. The van der Waals surface area contributed by atoms with Gasteiger partial charge in [0, 0.05) is 6.92 Å². The molecule has 1 aliphatic heterocycles. The van der Waals surface area contributed by atoms with Gasteiger partial charge in [0.05, 0.1) is 6.67 Å². The third-order valence-electron chi connectivity index (χ3n) is 1.01. The molecule has 60 valence electrons. The molecule has 1 rings (SSSR count). The molecule has 0 aliphatic carbocycles. The number of hydrogen-bond donors (Lipinski definition) is 3. The highest BCUT2D eigenvalue weighted by atomic mass is 16.2. The van der Waals surface area contributed by atoms with Crippen molar-refractivity contribution < 1.29 is 9.59 Å². The van der Waals surface area contributed by atoms with Gasteiger partial charge >= 0.3 is 6.03 Å². The van der Waals surface area contributed by atoms with E-state index in [1.807, 2.05) is 0 Å². The summed E-state index contributed by atoms with van der Waals surface area (Å²) in [6, 6.07) is -0.358. The number of carbonyl (C=O) groups is 2. The Balaban J connectivity index is 2.59. The predicted molar refractivity (Wildman–Crippen MR) is 37.8 cm³/mol. The highest BCUT2D eigenvalue weighted by Gasteiger charge is 2.10. The van der Waals surface area contributed by atoms with E-state index < -0.39 is 0 Å². The average molecular weight is 156 g/mol. The van der Waals surface area contributed by atoms with Crippen molar-refractivity contribution in [3.8, 4) is 0 Å². The van der Waals surface area contributed by atoms with Crippen molar-refractivity contribution in [1.29, 1.82) is 0 Å². The monoisotopic (exact) mass is 156 g/mol. The van der Waals surface area contributed by atoms with E-state index in [1.165, 1.54) is 6.92 Å². The van der Waals surface area contributed by atoms with Gasteiger partial charge in [0.25, 0.3) is 0 Å². The minimum Gasteiger partial charge on any atom is -0.338 e. The van der Waals surface area contributed by atoms with Gasteiger partial charge in [-0.15, -0.1) is 0 Å². The molecule has 1 aliphatic rings. The molecular formula is C5H8N4O2. The Morgan fingerprint density at radius 2 is 2.27 bits per heavy atom. The highest BCUT2D eigenvalue weighted by molar-refractivity contribution is 6.02. The second kappa shape index (κ2) is 3.00. The lowest BCUT2D eigenvalue weighted by atomic mass is 10.7. The van der Waals surface area contributed by atoms with Gasteiger partial charge in [0.15, 0.2) is 0 Å². The van der Waals surface area contributed by atoms with Crippen molar-refractivity contribution in [2.45, 2.75) is 6.92 Å². The van der Waals surface area contributed by atoms with Crippen molar-refractivity contribution in [1.82, 2.24) is 16.0 Å². The van der Waals surface area contributed by atoms with Crippen LogP contribution >= 0.6 is 0 Å². The lowest BCUT2D eigenvalue weighted by molar-refractivity contribution is -0.115. The first-order valence-electron chi connectivity index (χ1n) is 3.06. The zero-order valence-electron chi connectivity index (χ0n) is 5.97. The Kier molecular flexibility index (Phi) is 2.05. The Morgan fingerprint density at radius 1 is 1.55 bits per heavy atom. The van der Waals surface area contributed by atoms with Crippen molar-refractivity contribution >= 4 is 17.9 Å². The van der Waals surface area contributed by atoms with E-state index in [0.717, 1.165) is 0 Å². The van der Waals surface area contributed by atoms with Gasteiger partial charge < -0.3 is 10.6 Å². The van der Waals surface area contributed by atoms with Crippen LogP contribution in [0.2, 0.25) is 0 Å². The molecule has 3 N–H and O–H groups in total. The van der Waals surface area contributed by atoms with Crippen molar-refractivity contribution in [3.63, 3.8) is 0 Å². The summed E-state index contributed by atoms with van der Waals surface area (Å²) in [5, 5.41) is 7.41. The number of carbonyl (C=O) groups excluding carboxylic acids is 2. The first-order valence-corrected chi connectivity index (χ1v) is 3.06. The van der Waals surface area contributed by atoms with Gasteiger partial charge in [-0.25, -0.2) is 4.79 Å². The maximum absolute atomic E-state index is 10.6. The summed E-state index contributed by atoms with van der Waals surface area (Å²) in [4.78, 5) is 24.5. The molecule has 6 nitrogen and oxygen atoms in total. The number of nitrogens with zero attached hydrogens (tertiary/aromatic N) is 1. The maximum Gasteiger partial charge on any atom is 0.322 e. The van der Waals surface area contributed by atoms with Crippen LogP contribution in [0.15, 0.2) is 4.99 Å². The average Bonchev–Trinajstić information content (AvgIpc) is 1.85. The first kappa shape index (κ1) is 7.52. The highest BCUT2D eigenvalue weighted by Crippen LogP contribution is 1.78. The molecule has 1 saturated heterocycles. The van der Waals surface area contributed by atoms with Crippen LogP contribution < -0.4 is 16.0 Å². The molecule has 0 radical (unpaired) electrons. The summed E-state index contributed by atoms with van der Waals surface area (Å²) in [7, 11) is 0. The molecule has 0 atom stereocenters. The Bertz CT molecular complexity index is 223. The Labute approximate surface area is 63.1 Å². The molecule has 0 aromatic carbocycles. The van der Waals surface area contributed by atoms with Crippen molar-refractivity contribution in [2.24, 2.45) is 4.99 Å². The molecule has 3 amide bonds. The van der Waals surface area contributed by atoms with Crippen LogP contribution in [-0.2, 0) is 4.79 Å². The van der Waals surface area contributed by atoms with Crippen LogP contribution in [0.5, 0.6) is 0 Å². The summed E-state index contributed by atoms with van der Waals surface area (Å²) in [6.07, 6.45) is 0. The second-order valence-electron chi connectivity index (χ2n) is 1.96. The van der Waals surface area contributed by atoms with E-state index in [-0.39, 0.29) is 24.6 Å². The van der Waals surface area contributed by atoms with Crippen LogP contribution in [0, 0.1) is 0 Å². The van der Waals surface area contributed by atoms with Crippen LogP contribution in [-0.4, -0.2) is 24.6 Å². The van der Waals surface area contributed by atoms with Gasteiger partial charge in [-0.3, -0.25) is 10.1 Å². The van der Waals surface area contributed by atoms with Gasteiger partial charge in [0.2, 0.25) is 11.9 Å². The Morgan fingerprint density at radius 3 is 2.82 bits per heavy atom. The molecule has 0 saturated carbocycles. The lowest BCUT2D eigenvalue weighted by Crippen LogP contribution is -2.56. The van der Waals surface area contributed by atoms with E-state index in [0.29, 0.717) is 0 Å². The minimum atomic E-state index is -0.358. The number of hydrogen-bond acceptors (Lipinski definition) is 2. The number of urea groups is 1. The summed E-state index contributed by atoms with van der Waals surface area (Å²) < 4.78 is 0. The van der Waals surface area contributed by atoms with Crippen molar-refractivity contribution in [2.75, 3.05) is 6.67 Å². The lowest BCUT2D eigenvalue weighted by Gasteiger charge is -2.16. The number of nitrogens with one attached hydrogen (secondary N) is 3. The summed E-state index contributed by atoms with van der Waals surface area (Å²) in [5.41, 5.74) is 0. The van der Waals surface area contributed by atoms with Gasteiger partial charge in [0.1, 0.15) is 0 Å². The third kappa shape index (κ3) is 2.24. The van der Waals surface area contributed by atoms with Gasteiger partial charge in [-0.2, -0.15) is 4.99 Å². The normalized spacial score (nSPS) is 20.1. The van der Waals surface area contributed by atoms with E-state index >= 15 is 0 Å². The third-order valence-corrected chi connectivity index (χ3v) is 1.01. The molecule has 1 fully saturated rings. The number of rotatable bonds is 0. The molecular weight excluding hydrogens is 148 g/mol. The van der Waals surface area contributed by atoms with Crippen LogP contribution in [0.1, 0.15) is 6.92 Å². The molecule has 11 heavy (non-hydrogen) atoms. The smallest absolute Gasteiger partial charge is 0.322 e. The van der Waals surface area contributed by atoms with E-state index in [9.17, 15) is 9.59 Å². The molecule has 0 spiro atoms. The molecule has 6 heteroatoms. The van der Waals surface area contributed by atoms with Crippen LogP contribution in [0.3, 0.4) is 0 Å². The standard InChI is InChI=1S/C5H8N4O2/c1-3(10)8-4-6-2-7-5(11)9-4/h2H2,1H3,(H3,6,7,8,9,10,11). The first-order chi connectivity index (χ1) is 5.18. The molecule has 0 aromatic rings. The fourth-order valence-corrected chi connectivity index (χ4v) is 0.629. The van der Waals surface area contributed by atoms with E-state index in [2.05, 4.69) is 20.9 Å². The van der Waals surface area contributed by atoms with E-state index in [4.69, 9.17) is 0 Å². The quantitative estimate of drug-likeness (QED) is 0.409. The number of guanidine groups is 1. The summed E-state index contributed by atoms with van der Waals surface area (Å²) in [5.74, 6) is -0.157. The summed E-state index contributed by atoms with van der Waals surface area (Å²) in [6.45, 7) is 1.60. The molecule has 0 aromatic heterocycles. The number of aliphatic imine (C=N–C) groups is 1. The van der Waals surface area contributed by atoms with Crippen LogP contribution in [0.25, 0.3) is 0 Å². The summed E-state index contributed by atoms with van der Waals surface area (Å²) >= 11 is 0.